The molecule has 2 heterocycles. The molecule has 0 saturated carbocycles. The van der Waals surface area contributed by atoms with E-state index in [-0.39, 0.29) is 22.2 Å². The molecule has 210 valence electrons. The maximum absolute atomic E-state index is 13.3. The van der Waals surface area contributed by atoms with E-state index >= 15 is 0 Å². The molecule has 0 bridgehead atoms. The van der Waals surface area contributed by atoms with Crippen LogP contribution in [0.1, 0.15) is 0 Å². The number of hydrogen-bond donors (Lipinski definition) is 2. The Labute approximate surface area is 234 Å². The predicted octanol–water partition coefficient (Wildman–Crippen LogP) is 5.10. The van der Waals surface area contributed by atoms with Crippen molar-refractivity contribution in [3.8, 4) is 11.5 Å². The maximum atomic E-state index is 13.3. The van der Waals surface area contributed by atoms with Crippen molar-refractivity contribution < 1.29 is 21.6 Å². The molecular formula is C27H31N5O5S2Si. The third kappa shape index (κ3) is 5.97. The summed E-state index contributed by atoms with van der Waals surface area (Å²) >= 11 is 0. The summed E-state index contributed by atoms with van der Waals surface area (Å²) in [4.78, 5) is 7.40. The summed E-state index contributed by atoms with van der Waals surface area (Å²) in [5.74, 6) is 0.537. The molecule has 13 heteroatoms. The lowest BCUT2D eigenvalue weighted by molar-refractivity contribution is 0.0818. The maximum Gasteiger partial charge on any atom is 0.263 e. The number of hydrogen-bond acceptors (Lipinski definition) is 7. The van der Waals surface area contributed by atoms with Gasteiger partial charge in [-0.15, -0.1) is 0 Å². The van der Waals surface area contributed by atoms with Gasteiger partial charge in [-0.3, -0.25) is 4.72 Å². The zero-order chi connectivity index (χ0) is 28.7. The predicted molar refractivity (Wildman–Crippen MR) is 159 cm³/mol. The molecular weight excluding hydrogens is 567 g/mol. The van der Waals surface area contributed by atoms with Gasteiger partial charge >= 0.3 is 0 Å². The number of aromatic nitrogens is 4. The summed E-state index contributed by atoms with van der Waals surface area (Å²) in [7, 11) is -9.25. The molecule has 0 aliphatic heterocycles. The lowest BCUT2D eigenvalue weighted by Crippen LogP contribution is -2.22. The van der Waals surface area contributed by atoms with Gasteiger partial charge in [-0.05, 0) is 48.5 Å². The van der Waals surface area contributed by atoms with Gasteiger partial charge in [0.05, 0.1) is 21.4 Å². The molecule has 40 heavy (non-hydrogen) atoms. The minimum atomic E-state index is -4.22. The summed E-state index contributed by atoms with van der Waals surface area (Å²) in [6.07, 6.45) is 0.979. The summed E-state index contributed by atoms with van der Waals surface area (Å²) in [6.45, 7) is 7.71. The molecule has 5 rings (SSSR count). The van der Waals surface area contributed by atoms with E-state index in [1.165, 1.54) is 24.3 Å². The van der Waals surface area contributed by atoms with Crippen molar-refractivity contribution in [3.63, 3.8) is 0 Å². The first-order valence-electron chi connectivity index (χ1n) is 12.7. The number of nitrogens with one attached hydrogen (secondary N) is 2. The lowest BCUT2D eigenvalue weighted by atomic mass is 10.2. The van der Waals surface area contributed by atoms with Gasteiger partial charge in [0.25, 0.3) is 10.0 Å². The van der Waals surface area contributed by atoms with Gasteiger partial charge in [0, 0.05) is 32.0 Å². The molecule has 0 spiro atoms. The molecule has 2 N–H and O–H groups in total. The van der Waals surface area contributed by atoms with Crippen LogP contribution in [0.25, 0.3) is 33.5 Å². The van der Waals surface area contributed by atoms with Crippen molar-refractivity contribution in [2.24, 2.45) is 0 Å². The highest BCUT2D eigenvalue weighted by Crippen LogP contribution is 2.31. The van der Waals surface area contributed by atoms with Gasteiger partial charge in [-0.25, -0.2) is 26.5 Å². The minimum Gasteiger partial charge on any atom is -0.360 e. The zero-order valence-electron chi connectivity index (χ0n) is 22.7. The molecule has 2 aromatic heterocycles. The van der Waals surface area contributed by atoms with Crippen molar-refractivity contribution in [1.82, 2.24) is 19.7 Å². The molecule has 0 fully saturated rings. The van der Waals surface area contributed by atoms with E-state index in [1.54, 1.807) is 22.9 Å². The molecule has 0 radical (unpaired) electrons. The SMILES string of the molecule is C[Si](C)(C)CCOCn1nc(-c2nc3ccccc3[nH]2)c2cc(NS(=O)(=O)c3ccccc3S(C)(=O)=O)ccc21. The standard InChI is InChI=1S/C27H31N5O5S2Si/c1-38(33,34)24-11-7-8-12-25(24)39(35,36)31-19-13-14-23-20(17-19)26(27-28-21-9-5-6-10-22(21)29-27)30-32(23)18-37-15-16-40(2,3)4/h5-14,17,31H,15-16,18H2,1-4H3,(H,28,29). The number of benzene rings is 3. The Morgan fingerprint density at radius 1 is 0.950 bits per heavy atom. The number of aromatic amines is 1. The van der Waals surface area contributed by atoms with E-state index in [4.69, 9.17) is 14.8 Å². The number of sulfonamides is 1. The van der Waals surface area contributed by atoms with Gasteiger partial charge in [-0.1, -0.05) is 43.9 Å². The molecule has 0 atom stereocenters. The van der Waals surface area contributed by atoms with Crippen LogP contribution in [-0.4, -0.2) is 57.5 Å². The van der Waals surface area contributed by atoms with Gasteiger partial charge in [0.15, 0.2) is 15.7 Å². The minimum absolute atomic E-state index is 0.230. The van der Waals surface area contributed by atoms with Crippen molar-refractivity contribution >= 4 is 55.6 Å². The molecule has 10 nitrogen and oxygen atoms in total. The molecule has 3 aromatic carbocycles. The Hall–Kier alpha value is -3.52. The number of H-pyrrole nitrogens is 1. The molecule has 5 aromatic rings. The van der Waals surface area contributed by atoms with E-state index in [9.17, 15) is 16.8 Å². The van der Waals surface area contributed by atoms with E-state index in [1.807, 2.05) is 24.3 Å². The van der Waals surface area contributed by atoms with Crippen LogP contribution < -0.4 is 4.72 Å². The van der Waals surface area contributed by atoms with E-state index in [0.717, 1.165) is 28.8 Å². The van der Waals surface area contributed by atoms with Crippen LogP contribution in [0.5, 0.6) is 0 Å². The Kier molecular flexibility index (Phi) is 7.33. The number of ether oxygens (including phenoxy) is 1. The molecule has 0 aliphatic rings. The highest BCUT2D eigenvalue weighted by Gasteiger charge is 2.24. The summed E-state index contributed by atoms with van der Waals surface area (Å²) in [5, 5.41) is 5.44. The van der Waals surface area contributed by atoms with Crippen LogP contribution in [-0.2, 0) is 31.3 Å². The number of imidazole rings is 1. The number of sulfone groups is 1. The fourth-order valence-electron chi connectivity index (χ4n) is 4.30. The van der Waals surface area contributed by atoms with Crippen molar-refractivity contribution in [1.29, 1.82) is 0 Å². The van der Waals surface area contributed by atoms with E-state index < -0.39 is 27.9 Å². The second kappa shape index (κ2) is 10.5. The Bertz CT molecular complexity index is 1890. The van der Waals surface area contributed by atoms with Gasteiger partial charge < -0.3 is 9.72 Å². The number of rotatable bonds is 10. The number of fused-ring (bicyclic) bond motifs is 2. The smallest absolute Gasteiger partial charge is 0.263 e. The number of nitrogens with zero attached hydrogens (tertiary/aromatic N) is 3. The van der Waals surface area contributed by atoms with Crippen molar-refractivity contribution in [3.05, 3.63) is 66.7 Å². The zero-order valence-corrected chi connectivity index (χ0v) is 25.3. The lowest BCUT2D eigenvalue weighted by Gasteiger charge is -2.15. The van der Waals surface area contributed by atoms with Crippen LogP contribution in [0.3, 0.4) is 0 Å². The largest absolute Gasteiger partial charge is 0.360 e. The van der Waals surface area contributed by atoms with Crippen molar-refractivity contribution in [2.75, 3.05) is 17.6 Å². The first-order chi connectivity index (χ1) is 18.8. The third-order valence-electron chi connectivity index (χ3n) is 6.36. The first kappa shape index (κ1) is 28.0. The van der Waals surface area contributed by atoms with Crippen molar-refractivity contribution in [2.45, 2.75) is 42.2 Å². The van der Waals surface area contributed by atoms with Crippen LogP contribution in [0, 0.1) is 0 Å². The van der Waals surface area contributed by atoms with Crippen LogP contribution in [0.4, 0.5) is 5.69 Å². The highest BCUT2D eigenvalue weighted by molar-refractivity contribution is 7.95. The monoisotopic (exact) mass is 597 g/mol. The molecule has 0 amide bonds. The second-order valence-electron chi connectivity index (χ2n) is 10.9. The normalized spacial score (nSPS) is 12.8. The Balaban J connectivity index is 1.55. The Morgan fingerprint density at radius 3 is 2.35 bits per heavy atom. The number of para-hydroxylation sites is 2. The van der Waals surface area contributed by atoms with Gasteiger partial charge in [0.2, 0.25) is 0 Å². The van der Waals surface area contributed by atoms with Crippen LogP contribution in [0.2, 0.25) is 25.7 Å². The molecule has 0 unspecified atom stereocenters. The number of anilines is 1. The Morgan fingerprint density at radius 2 is 1.65 bits per heavy atom. The summed E-state index contributed by atoms with van der Waals surface area (Å²) in [5.41, 5.74) is 3.16. The van der Waals surface area contributed by atoms with E-state index in [0.29, 0.717) is 23.5 Å². The highest BCUT2D eigenvalue weighted by atomic mass is 32.2. The van der Waals surface area contributed by atoms with Crippen LogP contribution >= 0.6 is 0 Å². The average molecular weight is 598 g/mol. The summed E-state index contributed by atoms with van der Waals surface area (Å²) in [6, 6.07) is 19.2. The second-order valence-corrected chi connectivity index (χ2v) is 20.1. The quantitative estimate of drug-likeness (QED) is 0.169. The fourth-order valence-corrected chi connectivity index (χ4v) is 7.74. The van der Waals surface area contributed by atoms with E-state index in [2.05, 4.69) is 29.3 Å². The van der Waals surface area contributed by atoms with Crippen LogP contribution in [0.15, 0.2) is 76.5 Å². The van der Waals surface area contributed by atoms with Gasteiger partial charge in [-0.2, -0.15) is 5.10 Å². The summed E-state index contributed by atoms with van der Waals surface area (Å²) < 4.78 is 61.3. The third-order valence-corrected chi connectivity index (χ3v) is 10.8. The average Bonchev–Trinajstić information content (AvgIpc) is 3.46. The molecule has 0 saturated heterocycles. The first-order valence-corrected chi connectivity index (χ1v) is 19.8. The molecule has 0 aliphatic carbocycles. The fraction of sp³-hybridized carbons (Fsp3) is 0.259. The van der Waals surface area contributed by atoms with Gasteiger partial charge in [0.1, 0.15) is 17.3 Å². The topological polar surface area (TPSA) is 136 Å².